The molecule has 0 atom stereocenters. The first kappa shape index (κ1) is 15.9. The summed E-state index contributed by atoms with van der Waals surface area (Å²) in [5, 5.41) is 17.0. The quantitative estimate of drug-likeness (QED) is 0.422. The molecule has 1 aliphatic heterocycles. The molecule has 1 fully saturated rings. The normalized spacial score (nSPS) is 14.4. The number of carbonyl (C=O) groups excluding carboxylic acids is 2. The lowest BCUT2D eigenvalue weighted by Gasteiger charge is -2.15. The van der Waals surface area contributed by atoms with Crippen LogP contribution in [-0.2, 0) is 16.1 Å². The van der Waals surface area contributed by atoms with E-state index in [2.05, 4.69) is 10.4 Å². The van der Waals surface area contributed by atoms with Gasteiger partial charge in [0.15, 0.2) is 0 Å². The third kappa shape index (κ3) is 4.54. The highest BCUT2D eigenvalue weighted by molar-refractivity contribution is 5.78. The number of aryl methyl sites for hydroxylation is 1. The number of nitrogens with zero attached hydrogens (tertiary/aromatic N) is 4. The Balaban J connectivity index is 1.59. The van der Waals surface area contributed by atoms with Crippen LogP contribution in [0.1, 0.15) is 25.7 Å². The van der Waals surface area contributed by atoms with Crippen LogP contribution in [0.25, 0.3) is 0 Å². The number of carbonyl (C=O) groups is 2. The highest BCUT2D eigenvalue weighted by Crippen LogP contribution is 2.09. The summed E-state index contributed by atoms with van der Waals surface area (Å²) in [6.45, 7) is 2.29. The third-order valence-corrected chi connectivity index (χ3v) is 3.48. The van der Waals surface area contributed by atoms with Crippen molar-refractivity contribution in [3.05, 3.63) is 22.4 Å². The zero-order chi connectivity index (χ0) is 15.9. The van der Waals surface area contributed by atoms with E-state index in [0.29, 0.717) is 26.1 Å². The van der Waals surface area contributed by atoms with Gasteiger partial charge < -0.3 is 20.3 Å². The topological polar surface area (TPSA) is 110 Å². The molecule has 120 valence electrons. The van der Waals surface area contributed by atoms with Gasteiger partial charge in [-0.15, -0.1) is 0 Å². The zero-order valence-corrected chi connectivity index (χ0v) is 12.2. The van der Waals surface area contributed by atoms with Crippen LogP contribution in [0.5, 0.6) is 0 Å². The van der Waals surface area contributed by atoms with Crippen LogP contribution in [0.15, 0.2) is 12.3 Å². The average Bonchev–Trinajstić information content (AvgIpc) is 3.11. The molecule has 1 aromatic heterocycles. The first-order chi connectivity index (χ1) is 10.6. The Hall–Kier alpha value is -2.45. The second-order valence-electron chi connectivity index (χ2n) is 5.13. The van der Waals surface area contributed by atoms with E-state index >= 15 is 0 Å². The second kappa shape index (κ2) is 7.53. The van der Waals surface area contributed by atoms with Crippen molar-refractivity contribution in [1.82, 2.24) is 20.0 Å². The van der Waals surface area contributed by atoms with Gasteiger partial charge in [-0.3, -0.25) is 9.59 Å². The van der Waals surface area contributed by atoms with Gasteiger partial charge in [0.2, 0.25) is 11.8 Å². The van der Waals surface area contributed by atoms with Gasteiger partial charge >= 0.3 is 5.82 Å². The summed E-state index contributed by atoms with van der Waals surface area (Å²) in [4.78, 5) is 34.8. The lowest BCUT2D eigenvalue weighted by atomic mass is 10.3. The van der Waals surface area contributed by atoms with Gasteiger partial charge in [-0.05, 0) is 17.8 Å². The molecule has 9 nitrogen and oxygen atoms in total. The molecule has 0 bridgehead atoms. The van der Waals surface area contributed by atoms with Crippen LogP contribution in [0, 0.1) is 10.1 Å². The molecule has 1 N–H and O–H groups in total. The van der Waals surface area contributed by atoms with Gasteiger partial charge in [-0.25, -0.2) is 0 Å². The van der Waals surface area contributed by atoms with Crippen molar-refractivity contribution in [2.24, 2.45) is 0 Å². The van der Waals surface area contributed by atoms with E-state index in [1.807, 2.05) is 4.90 Å². The molecule has 9 heteroatoms. The van der Waals surface area contributed by atoms with E-state index < -0.39 is 4.92 Å². The molecule has 0 radical (unpaired) electrons. The van der Waals surface area contributed by atoms with Crippen molar-refractivity contribution in [3.8, 4) is 0 Å². The molecule has 0 saturated carbocycles. The smallest absolute Gasteiger partial charge is 0.358 e. The summed E-state index contributed by atoms with van der Waals surface area (Å²) in [6, 6.07) is 1.30. The van der Waals surface area contributed by atoms with E-state index in [4.69, 9.17) is 0 Å². The minimum atomic E-state index is -0.573. The second-order valence-corrected chi connectivity index (χ2v) is 5.13. The number of hydrogen-bond acceptors (Lipinski definition) is 5. The number of hydrogen-bond donors (Lipinski definition) is 1. The van der Waals surface area contributed by atoms with Crippen LogP contribution >= 0.6 is 0 Å². The largest absolute Gasteiger partial charge is 0.389 e. The van der Waals surface area contributed by atoms with Crippen molar-refractivity contribution in [1.29, 1.82) is 0 Å². The maximum absolute atomic E-state index is 11.7. The fourth-order valence-electron chi connectivity index (χ4n) is 2.32. The predicted octanol–water partition coefficient (Wildman–Crippen LogP) is 0.310. The first-order valence-corrected chi connectivity index (χ1v) is 7.28. The summed E-state index contributed by atoms with van der Waals surface area (Å²) < 4.78 is 1.38. The highest BCUT2D eigenvalue weighted by atomic mass is 16.6. The Morgan fingerprint density at radius 1 is 1.45 bits per heavy atom. The molecule has 0 spiro atoms. The Bertz CT molecular complexity index is 556. The molecule has 2 amide bonds. The molecule has 2 heterocycles. The average molecular weight is 309 g/mol. The molecule has 2 rings (SSSR count). The Morgan fingerprint density at radius 2 is 2.27 bits per heavy atom. The molecular weight excluding hydrogens is 290 g/mol. The fourth-order valence-corrected chi connectivity index (χ4v) is 2.32. The Labute approximate surface area is 127 Å². The molecular formula is C13H19N5O4. The number of likely N-dealkylation sites (tertiary alicyclic amines) is 1. The van der Waals surface area contributed by atoms with Crippen LogP contribution in [0.2, 0.25) is 0 Å². The van der Waals surface area contributed by atoms with Gasteiger partial charge in [-0.2, -0.15) is 4.68 Å². The maximum Gasteiger partial charge on any atom is 0.389 e. The summed E-state index contributed by atoms with van der Waals surface area (Å²) >= 11 is 0. The molecule has 0 unspecified atom stereocenters. The van der Waals surface area contributed by atoms with Crippen molar-refractivity contribution >= 4 is 17.6 Å². The third-order valence-electron chi connectivity index (χ3n) is 3.48. The number of nitrogens with one attached hydrogen (secondary N) is 1. The van der Waals surface area contributed by atoms with Crippen molar-refractivity contribution in [3.63, 3.8) is 0 Å². The molecule has 0 aliphatic carbocycles. The van der Waals surface area contributed by atoms with E-state index in [-0.39, 0.29) is 24.1 Å². The zero-order valence-electron chi connectivity index (χ0n) is 12.2. The van der Waals surface area contributed by atoms with Gasteiger partial charge in [0.05, 0.1) is 23.9 Å². The monoisotopic (exact) mass is 309 g/mol. The summed E-state index contributed by atoms with van der Waals surface area (Å²) in [5.41, 5.74) is 0. The Morgan fingerprint density at radius 3 is 2.91 bits per heavy atom. The number of amides is 2. The van der Waals surface area contributed by atoms with Gasteiger partial charge in [0, 0.05) is 32.5 Å². The lowest BCUT2D eigenvalue weighted by Crippen LogP contribution is -2.31. The van der Waals surface area contributed by atoms with Crippen LogP contribution in [-0.4, -0.2) is 51.1 Å². The maximum atomic E-state index is 11.7. The molecule has 1 saturated heterocycles. The summed E-state index contributed by atoms with van der Waals surface area (Å²) in [6.07, 6.45) is 3.96. The standard InChI is InChI=1S/C13H19N5O4/c19-12(5-10-17-9-4-11(15-17)18(21)22)14-6-2-8-16-7-1-3-13(16)20/h4,9H,1-3,5-8,10H2,(H,14,19). The van der Waals surface area contributed by atoms with E-state index in [0.717, 1.165) is 19.4 Å². The lowest BCUT2D eigenvalue weighted by molar-refractivity contribution is -0.389. The van der Waals surface area contributed by atoms with Crippen molar-refractivity contribution in [2.45, 2.75) is 32.2 Å². The number of aromatic nitrogens is 2. The van der Waals surface area contributed by atoms with E-state index in [1.54, 1.807) is 0 Å². The molecule has 1 aliphatic rings. The van der Waals surface area contributed by atoms with Crippen molar-refractivity contribution < 1.29 is 14.5 Å². The molecule has 22 heavy (non-hydrogen) atoms. The molecule has 0 aromatic carbocycles. The van der Waals surface area contributed by atoms with Gasteiger partial charge in [-0.1, -0.05) is 0 Å². The fraction of sp³-hybridized carbons (Fsp3) is 0.615. The van der Waals surface area contributed by atoms with Crippen LogP contribution in [0.4, 0.5) is 5.82 Å². The number of rotatable bonds is 8. The minimum Gasteiger partial charge on any atom is -0.358 e. The Kier molecular flexibility index (Phi) is 5.45. The summed E-state index contributed by atoms with van der Waals surface area (Å²) in [7, 11) is 0. The van der Waals surface area contributed by atoms with E-state index in [1.165, 1.54) is 16.9 Å². The SMILES string of the molecule is O=C(CCn1ccc([N+](=O)[O-])n1)NCCCN1CCCC1=O. The van der Waals surface area contributed by atoms with Gasteiger partial charge in [0.1, 0.15) is 0 Å². The predicted molar refractivity (Wildman–Crippen MR) is 76.9 cm³/mol. The molecule has 1 aromatic rings. The highest BCUT2D eigenvalue weighted by Gasteiger charge is 2.19. The van der Waals surface area contributed by atoms with E-state index in [9.17, 15) is 19.7 Å². The van der Waals surface area contributed by atoms with Crippen molar-refractivity contribution in [2.75, 3.05) is 19.6 Å². The summed E-state index contributed by atoms with van der Waals surface area (Å²) in [5.74, 6) is -0.173. The number of nitro groups is 1. The minimum absolute atomic E-state index is 0.133. The van der Waals surface area contributed by atoms with Crippen LogP contribution in [0.3, 0.4) is 0 Å². The first-order valence-electron chi connectivity index (χ1n) is 7.28. The van der Waals surface area contributed by atoms with Crippen LogP contribution < -0.4 is 5.32 Å². The van der Waals surface area contributed by atoms with Gasteiger partial charge in [0.25, 0.3) is 0 Å².